The predicted octanol–water partition coefficient (Wildman–Crippen LogP) is 5.35. The van der Waals surface area contributed by atoms with Crippen molar-refractivity contribution in [3.63, 3.8) is 0 Å². The van der Waals surface area contributed by atoms with Gasteiger partial charge in [0.2, 0.25) is 0 Å². The summed E-state index contributed by atoms with van der Waals surface area (Å²) in [4.78, 5) is 0. The lowest BCUT2D eigenvalue weighted by Gasteiger charge is -2.43. The Balaban J connectivity index is 1.96. The molecular weight excluding hydrogens is 324 g/mol. The zero-order chi connectivity index (χ0) is 14.7. The van der Waals surface area contributed by atoms with Gasteiger partial charge in [0.05, 0.1) is 5.69 Å². The molecule has 0 aliphatic heterocycles. The van der Waals surface area contributed by atoms with E-state index < -0.39 is 11.6 Å². The molecule has 110 valence electrons. The van der Waals surface area contributed by atoms with Crippen molar-refractivity contribution in [3.05, 3.63) is 28.2 Å². The number of benzene rings is 1. The summed E-state index contributed by atoms with van der Waals surface area (Å²) in [5.74, 6) is -0.398. The van der Waals surface area contributed by atoms with Gasteiger partial charge in [0, 0.05) is 16.6 Å². The van der Waals surface area contributed by atoms with Gasteiger partial charge in [-0.15, -0.1) is 0 Å². The highest BCUT2D eigenvalue weighted by molar-refractivity contribution is 9.10. The maximum Gasteiger partial charge on any atom is 0.150 e. The van der Waals surface area contributed by atoms with Gasteiger partial charge in [0.25, 0.3) is 0 Å². The Morgan fingerprint density at radius 2 is 1.95 bits per heavy atom. The van der Waals surface area contributed by atoms with E-state index in [4.69, 9.17) is 0 Å². The smallest absolute Gasteiger partial charge is 0.150 e. The SMILES string of the molecule is CC12CCC(C1)C(C)(C)C2Nc1c(F)cc(F)cc1Br. The molecule has 2 aliphatic rings. The lowest BCUT2D eigenvalue weighted by atomic mass is 9.68. The molecule has 3 rings (SSSR count). The molecule has 0 amide bonds. The molecule has 2 aliphatic carbocycles. The van der Waals surface area contributed by atoms with Crippen LogP contribution >= 0.6 is 15.9 Å². The third-order valence-electron chi connectivity index (χ3n) is 5.57. The van der Waals surface area contributed by atoms with Gasteiger partial charge in [-0.05, 0) is 58.0 Å². The highest BCUT2D eigenvalue weighted by atomic mass is 79.9. The molecule has 0 spiro atoms. The minimum atomic E-state index is -0.557. The summed E-state index contributed by atoms with van der Waals surface area (Å²) in [6.07, 6.45) is 3.63. The van der Waals surface area contributed by atoms with E-state index in [0.717, 1.165) is 6.07 Å². The fourth-order valence-corrected chi connectivity index (χ4v) is 5.01. The molecule has 0 radical (unpaired) electrons. The molecule has 0 saturated heterocycles. The minimum absolute atomic E-state index is 0.132. The first-order valence-corrected chi connectivity index (χ1v) is 7.94. The van der Waals surface area contributed by atoms with E-state index >= 15 is 0 Å². The number of hydrogen-bond acceptors (Lipinski definition) is 1. The van der Waals surface area contributed by atoms with E-state index in [9.17, 15) is 8.78 Å². The van der Waals surface area contributed by atoms with Crippen LogP contribution < -0.4 is 5.32 Å². The summed E-state index contributed by atoms with van der Waals surface area (Å²) in [6.45, 7) is 6.80. The van der Waals surface area contributed by atoms with Gasteiger partial charge in [0.1, 0.15) is 11.6 Å². The van der Waals surface area contributed by atoms with Gasteiger partial charge in [0.15, 0.2) is 0 Å². The second-order valence-electron chi connectivity index (χ2n) is 7.24. The Hall–Kier alpha value is -0.640. The van der Waals surface area contributed by atoms with Crippen molar-refractivity contribution in [1.82, 2.24) is 0 Å². The minimum Gasteiger partial charge on any atom is -0.378 e. The second-order valence-corrected chi connectivity index (χ2v) is 8.09. The first-order valence-electron chi connectivity index (χ1n) is 7.15. The third-order valence-corrected chi connectivity index (χ3v) is 6.19. The van der Waals surface area contributed by atoms with E-state index in [-0.39, 0.29) is 16.9 Å². The Labute approximate surface area is 127 Å². The summed E-state index contributed by atoms with van der Waals surface area (Å²) in [7, 11) is 0. The van der Waals surface area contributed by atoms with E-state index in [0.29, 0.717) is 16.1 Å². The van der Waals surface area contributed by atoms with Crippen molar-refractivity contribution in [3.8, 4) is 0 Å². The molecule has 2 fully saturated rings. The van der Waals surface area contributed by atoms with Crippen LogP contribution in [0, 0.1) is 28.4 Å². The Bertz CT molecular complexity index is 530. The maximum atomic E-state index is 14.1. The number of anilines is 1. The van der Waals surface area contributed by atoms with Crippen LogP contribution in [0.5, 0.6) is 0 Å². The van der Waals surface area contributed by atoms with Crippen LogP contribution in [0.15, 0.2) is 16.6 Å². The van der Waals surface area contributed by atoms with Crippen molar-refractivity contribution >= 4 is 21.6 Å². The number of halogens is 3. The lowest BCUT2D eigenvalue weighted by Crippen LogP contribution is -2.46. The molecule has 2 bridgehead atoms. The monoisotopic (exact) mass is 343 g/mol. The lowest BCUT2D eigenvalue weighted by molar-refractivity contribution is 0.155. The van der Waals surface area contributed by atoms with Crippen LogP contribution in [-0.4, -0.2) is 6.04 Å². The summed E-state index contributed by atoms with van der Waals surface area (Å²) >= 11 is 3.27. The number of nitrogens with one attached hydrogen (secondary N) is 1. The van der Waals surface area contributed by atoms with Gasteiger partial charge in [-0.2, -0.15) is 0 Å². The van der Waals surface area contributed by atoms with Gasteiger partial charge in [-0.1, -0.05) is 20.8 Å². The molecule has 1 N–H and O–H groups in total. The van der Waals surface area contributed by atoms with Crippen LogP contribution in [0.4, 0.5) is 14.5 Å². The molecule has 1 aromatic rings. The average molecular weight is 344 g/mol. The zero-order valence-electron chi connectivity index (χ0n) is 12.1. The van der Waals surface area contributed by atoms with Crippen LogP contribution in [0.3, 0.4) is 0 Å². The van der Waals surface area contributed by atoms with Crippen molar-refractivity contribution in [2.45, 2.75) is 46.1 Å². The molecule has 1 nitrogen and oxygen atoms in total. The number of fused-ring (bicyclic) bond motifs is 2. The molecule has 4 heteroatoms. The fraction of sp³-hybridized carbons (Fsp3) is 0.625. The summed E-state index contributed by atoms with van der Waals surface area (Å²) in [6, 6.07) is 2.47. The van der Waals surface area contributed by atoms with Gasteiger partial charge >= 0.3 is 0 Å². The molecule has 3 atom stereocenters. The molecule has 1 aromatic carbocycles. The molecule has 0 heterocycles. The van der Waals surface area contributed by atoms with Crippen LogP contribution in [0.2, 0.25) is 0 Å². The van der Waals surface area contributed by atoms with Crippen molar-refractivity contribution in [2.24, 2.45) is 16.7 Å². The van der Waals surface area contributed by atoms with E-state index in [2.05, 4.69) is 42.0 Å². The van der Waals surface area contributed by atoms with E-state index in [1.165, 1.54) is 25.3 Å². The largest absolute Gasteiger partial charge is 0.378 e. The van der Waals surface area contributed by atoms with Crippen molar-refractivity contribution in [1.29, 1.82) is 0 Å². The average Bonchev–Trinajstić information content (AvgIpc) is 2.77. The second kappa shape index (κ2) is 4.43. The van der Waals surface area contributed by atoms with Crippen LogP contribution in [0.1, 0.15) is 40.0 Å². The van der Waals surface area contributed by atoms with Crippen LogP contribution in [-0.2, 0) is 0 Å². The Morgan fingerprint density at radius 3 is 2.50 bits per heavy atom. The van der Waals surface area contributed by atoms with Crippen LogP contribution in [0.25, 0.3) is 0 Å². The topological polar surface area (TPSA) is 12.0 Å². The standard InChI is InChI=1S/C16H20BrF2N/c1-15(2)9-4-5-16(3,8-9)14(15)20-13-11(17)6-10(18)7-12(13)19/h6-7,9,14,20H,4-5,8H2,1-3H3. The first kappa shape index (κ1) is 14.3. The Kier molecular flexibility index (Phi) is 3.16. The molecule has 0 aromatic heterocycles. The Morgan fingerprint density at radius 1 is 1.25 bits per heavy atom. The number of rotatable bonds is 2. The maximum absolute atomic E-state index is 14.1. The first-order chi connectivity index (χ1) is 9.24. The van der Waals surface area contributed by atoms with Gasteiger partial charge in [-0.25, -0.2) is 8.78 Å². The quantitative estimate of drug-likeness (QED) is 0.762. The van der Waals surface area contributed by atoms with E-state index in [1.54, 1.807) is 0 Å². The summed E-state index contributed by atoms with van der Waals surface area (Å²) < 4.78 is 27.7. The normalized spacial score (nSPS) is 34.5. The summed E-state index contributed by atoms with van der Waals surface area (Å²) in [5.41, 5.74) is 0.722. The fourth-order valence-electron chi connectivity index (χ4n) is 4.49. The highest BCUT2D eigenvalue weighted by Gasteiger charge is 2.59. The molecule has 3 unspecified atom stereocenters. The molecule has 20 heavy (non-hydrogen) atoms. The highest BCUT2D eigenvalue weighted by Crippen LogP contribution is 2.63. The number of hydrogen-bond donors (Lipinski definition) is 1. The van der Waals surface area contributed by atoms with Crippen molar-refractivity contribution < 1.29 is 8.78 Å². The van der Waals surface area contributed by atoms with Gasteiger partial charge in [-0.3, -0.25) is 0 Å². The van der Waals surface area contributed by atoms with E-state index in [1.807, 2.05) is 0 Å². The zero-order valence-corrected chi connectivity index (χ0v) is 13.7. The third kappa shape index (κ3) is 1.99. The summed E-state index contributed by atoms with van der Waals surface area (Å²) in [5, 5.41) is 3.38. The predicted molar refractivity (Wildman–Crippen MR) is 80.7 cm³/mol. The van der Waals surface area contributed by atoms with Crippen molar-refractivity contribution in [2.75, 3.05) is 5.32 Å². The van der Waals surface area contributed by atoms with Gasteiger partial charge < -0.3 is 5.32 Å². The molecule has 2 saturated carbocycles. The molecular formula is C16H20BrF2N.